The maximum absolute atomic E-state index is 13.0. The molecule has 5 nitrogen and oxygen atoms in total. The van der Waals surface area contributed by atoms with Gasteiger partial charge in [-0.1, -0.05) is 0 Å². The van der Waals surface area contributed by atoms with Gasteiger partial charge in [-0.15, -0.1) is 0 Å². The third kappa shape index (κ3) is 2.74. The van der Waals surface area contributed by atoms with Crippen LogP contribution in [0.4, 0.5) is 10.1 Å². The molecule has 0 amide bonds. The van der Waals surface area contributed by atoms with Gasteiger partial charge in [-0.3, -0.25) is 0 Å². The number of benzene rings is 1. The Balaban J connectivity index is 3.26. The smallest absolute Gasteiger partial charge is 0.245 e. The number of hydrogen-bond acceptors (Lipinski definition) is 4. The Morgan fingerprint density at radius 2 is 2.12 bits per heavy atom. The molecule has 1 unspecified atom stereocenters. The minimum Gasteiger partial charge on any atom is -0.398 e. The van der Waals surface area contributed by atoms with Crippen molar-refractivity contribution < 1.29 is 17.9 Å². The van der Waals surface area contributed by atoms with Crippen molar-refractivity contribution in [1.29, 1.82) is 0 Å². The lowest BCUT2D eigenvalue weighted by Crippen LogP contribution is -2.37. The molecule has 7 heteroatoms. The van der Waals surface area contributed by atoms with E-state index in [0.717, 1.165) is 16.4 Å². The van der Waals surface area contributed by atoms with E-state index in [2.05, 4.69) is 0 Å². The number of nitrogens with zero attached hydrogens (tertiary/aromatic N) is 1. The molecule has 0 aliphatic carbocycles. The average Bonchev–Trinajstić information content (AvgIpc) is 2.30. The fourth-order valence-electron chi connectivity index (χ4n) is 1.24. The van der Waals surface area contributed by atoms with Gasteiger partial charge in [0, 0.05) is 13.1 Å². The van der Waals surface area contributed by atoms with Crippen LogP contribution in [0.2, 0.25) is 0 Å². The van der Waals surface area contributed by atoms with Crippen molar-refractivity contribution in [2.24, 2.45) is 0 Å². The van der Waals surface area contributed by atoms with Gasteiger partial charge in [0.25, 0.3) is 0 Å². The van der Waals surface area contributed by atoms with Crippen LogP contribution in [0.1, 0.15) is 6.92 Å². The summed E-state index contributed by atoms with van der Waals surface area (Å²) in [6.45, 7) is 1.21. The molecule has 0 aliphatic rings. The maximum Gasteiger partial charge on any atom is 0.245 e. The summed E-state index contributed by atoms with van der Waals surface area (Å²) in [5.74, 6) is -0.678. The second-order valence-corrected chi connectivity index (χ2v) is 5.70. The highest BCUT2D eigenvalue weighted by Crippen LogP contribution is 2.23. The second kappa shape index (κ2) is 4.99. The molecule has 0 spiro atoms. The van der Waals surface area contributed by atoms with Gasteiger partial charge in [0.05, 0.1) is 12.3 Å². The van der Waals surface area contributed by atoms with E-state index in [4.69, 9.17) is 10.8 Å². The van der Waals surface area contributed by atoms with E-state index in [1.54, 1.807) is 0 Å². The Hall–Kier alpha value is -1.18. The lowest BCUT2D eigenvalue weighted by molar-refractivity contribution is 0.214. The quantitative estimate of drug-likeness (QED) is 0.770. The zero-order valence-electron chi connectivity index (χ0n) is 9.59. The largest absolute Gasteiger partial charge is 0.398 e. The van der Waals surface area contributed by atoms with Crippen LogP contribution >= 0.6 is 0 Å². The Morgan fingerprint density at radius 3 is 2.65 bits per heavy atom. The minimum atomic E-state index is -3.90. The zero-order chi connectivity index (χ0) is 13.2. The fourth-order valence-corrected chi connectivity index (χ4v) is 2.72. The lowest BCUT2D eigenvalue weighted by atomic mass is 10.3. The van der Waals surface area contributed by atoms with E-state index >= 15 is 0 Å². The Labute approximate surface area is 99.7 Å². The monoisotopic (exact) mass is 262 g/mol. The summed E-state index contributed by atoms with van der Waals surface area (Å²) in [6, 6.07) is 2.54. The molecule has 0 radical (unpaired) electrons. The van der Waals surface area contributed by atoms with Crippen LogP contribution in [0, 0.1) is 5.82 Å². The SMILES string of the molecule is CC(CO)N(C)S(=O)(=O)c1cc(F)ccc1N. The van der Waals surface area contributed by atoms with Crippen LogP contribution in [0.25, 0.3) is 0 Å². The highest BCUT2D eigenvalue weighted by Gasteiger charge is 2.27. The molecular formula is C10H15FN2O3S. The number of halogens is 1. The van der Waals surface area contributed by atoms with Crippen molar-refractivity contribution in [3.05, 3.63) is 24.0 Å². The van der Waals surface area contributed by atoms with E-state index in [9.17, 15) is 12.8 Å². The molecule has 0 aliphatic heterocycles. The van der Waals surface area contributed by atoms with Gasteiger partial charge in [0.2, 0.25) is 10.0 Å². The number of aliphatic hydroxyl groups excluding tert-OH is 1. The summed E-state index contributed by atoms with van der Waals surface area (Å²) in [4.78, 5) is -0.291. The normalized spacial score (nSPS) is 13.9. The molecule has 0 saturated heterocycles. The summed E-state index contributed by atoms with van der Waals surface area (Å²) in [7, 11) is -2.59. The Kier molecular flexibility index (Phi) is 4.07. The van der Waals surface area contributed by atoms with Crippen molar-refractivity contribution >= 4 is 15.7 Å². The molecule has 3 N–H and O–H groups in total. The molecule has 96 valence electrons. The summed E-state index contributed by atoms with van der Waals surface area (Å²) in [5, 5.41) is 8.93. The van der Waals surface area contributed by atoms with Crippen molar-refractivity contribution in [1.82, 2.24) is 4.31 Å². The molecule has 0 bridgehead atoms. The van der Waals surface area contributed by atoms with E-state index in [0.29, 0.717) is 0 Å². The number of nitrogen functional groups attached to an aromatic ring is 1. The molecule has 0 saturated carbocycles. The van der Waals surface area contributed by atoms with Gasteiger partial charge in [-0.2, -0.15) is 4.31 Å². The third-order valence-electron chi connectivity index (χ3n) is 2.52. The van der Waals surface area contributed by atoms with Crippen molar-refractivity contribution in [3.8, 4) is 0 Å². The molecule has 0 fully saturated rings. The topological polar surface area (TPSA) is 83.6 Å². The first-order chi connectivity index (χ1) is 7.80. The molecular weight excluding hydrogens is 247 g/mol. The van der Waals surface area contributed by atoms with Crippen LogP contribution in [-0.2, 0) is 10.0 Å². The average molecular weight is 262 g/mol. The van der Waals surface area contributed by atoms with Gasteiger partial charge < -0.3 is 10.8 Å². The Morgan fingerprint density at radius 1 is 1.53 bits per heavy atom. The highest BCUT2D eigenvalue weighted by molar-refractivity contribution is 7.89. The Bertz CT molecular complexity index is 504. The number of rotatable bonds is 4. The maximum atomic E-state index is 13.0. The first-order valence-electron chi connectivity index (χ1n) is 4.94. The molecule has 1 rings (SSSR count). The number of anilines is 1. The number of sulfonamides is 1. The van der Waals surface area contributed by atoms with E-state index in [-0.39, 0.29) is 17.2 Å². The number of hydrogen-bond donors (Lipinski definition) is 2. The first kappa shape index (κ1) is 13.9. The molecule has 1 aromatic carbocycles. The van der Waals surface area contributed by atoms with Gasteiger partial charge >= 0.3 is 0 Å². The minimum absolute atomic E-state index is 0.0246. The van der Waals surface area contributed by atoms with E-state index < -0.39 is 21.9 Å². The molecule has 1 atom stereocenters. The molecule has 0 heterocycles. The molecule has 17 heavy (non-hydrogen) atoms. The van der Waals surface area contributed by atoms with Crippen LogP contribution in [-0.4, -0.2) is 37.5 Å². The summed E-state index contributed by atoms with van der Waals surface area (Å²) < 4.78 is 38.1. The van der Waals surface area contributed by atoms with Crippen LogP contribution in [0.3, 0.4) is 0 Å². The lowest BCUT2D eigenvalue weighted by Gasteiger charge is -2.23. The van der Waals surface area contributed by atoms with Crippen LogP contribution in [0.5, 0.6) is 0 Å². The van der Waals surface area contributed by atoms with E-state index in [1.165, 1.54) is 20.0 Å². The molecule has 1 aromatic rings. The van der Waals surface area contributed by atoms with Crippen molar-refractivity contribution in [2.75, 3.05) is 19.4 Å². The first-order valence-corrected chi connectivity index (χ1v) is 6.38. The predicted octanol–water partition coefficient (Wildman–Crippen LogP) is 0.409. The van der Waals surface area contributed by atoms with Crippen LogP contribution in [0.15, 0.2) is 23.1 Å². The van der Waals surface area contributed by atoms with Crippen molar-refractivity contribution in [2.45, 2.75) is 17.9 Å². The summed E-state index contributed by atoms with van der Waals surface area (Å²) >= 11 is 0. The number of aliphatic hydroxyl groups is 1. The van der Waals surface area contributed by atoms with Gasteiger partial charge in [-0.05, 0) is 25.1 Å². The van der Waals surface area contributed by atoms with E-state index in [1.807, 2.05) is 0 Å². The van der Waals surface area contributed by atoms with Gasteiger partial charge in [0.15, 0.2) is 0 Å². The zero-order valence-corrected chi connectivity index (χ0v) is 10.4. The predicted molar refractivity (Wildman–Crippen MR) is 62.3 cm³/mol. The highest BCUT2D eigenvalue weighted by atomic mass is 32.2. The molecule has 0 aromatic heterocycles. The van der Waals surface area contributed by atoms with Gasteiger partial charge in [0.1, 0.15) is 10.7 Å². The summed E-state index contributed by atoms with van der Waals surface area (Å²) in [6.07, 6.45) is 0. The summed E-state index contributed by atoms with van der Waals surface area (Å²) in [5.41, 5.74) is 5.50. The van der Waals surface area contributed by atoms with Crippen LogP contribution < -0.4 is 5.73 Å². The number of nitrogens with two attached hydrogens (primary N) is 1. The van der Waals surface area contributed by atoms with Gasteiger partial charge in [-0.25, -0.2) is 12.8 Å². The number of likely N-dealkylation sites (N-methyl/N-ethyl adjacent to an activating group) is 1. The van der Waals surface area contributed by atoms with Crippen molar-refractivity contribution in [3.63, 3.8) is 0 Å². The standard InChI is InChI=1S/C10H15FN2O3S/c1-7(6-14)13(2)17(15,16)10-5-8(11)3-4-9(10)12/h3-5,7,14H,6,12H2,1-2H3. The third-order valence-corrected chi connectivity index (χ3v) is 4.55. The second-order valence-electron chi connectivity index (χ2n) is 3.73. The fraction of sp³-hybridized carbons (Fsp3) is 0.400.